The van der Waals surface area contributed by atoms with E-state index in [2.05, 4.69) is 10.7 Å². The molecule has 0 bridgehead atoms. The summed E-state index contributed by atoms with van der Waals surface area (Å²) in [6.45, 7) is 11.9. The average molecular weight is 454 g/mol. The maximum Gasteiger partial charge on any atom is 0.426 e. The van der Waals surface area contributed by atoms with Crippen LogP contribution in [0.4, 0.5) is 14.9 Å². The molecule has 0 heterocycles. The predicted octanol–water partition coefficient (Wildman–Crippen LogP) is 3.56. The number of nitro groups is 1. The summed E-state index contributed by atoms with van der Waals surface area (Å²) in [4.78, 5) is 48.9. The molecule has 1 unspecified atom stereocenters. The zero-order valence-electron chi connectivity index (χ0n) is 19.4. The minimum atomic E-state index is -1.23. The van der Waals surface area contributed by atoms with Crippen molar-refractivity contribution < 1.29 is 28.4 Å². The molecule has 3 amide bonds. The van der Waals surface area contributed by atoms with Crippen molar-refractivity contribution in [3.63, 3.8) is 0 Å². The molecule has 1 aromatic rings. The highest BCUT2D eigenvalue weighted by Gasteiger charge is 2.35. The van der Waals surface area contributed by atoms with Gasteiger partial charge in [-0.25, -0.2) is 19.6 Å². The van der Waals surface area contributed by atoms with Gasteiger partial charge < -0.3 is 10.1 Å². The molecular weight excluding hydrogens is 423 g/mol. The third kappa shape index (κ3) is 8.12. The second-order valence-corrected chi connectivity index (χ2v) is 9.02. The van der Waals surface area contributed by atoms with Crippen LogP contribution in [0.2, 0.25) is 0 Å². The summed E-state index contributed by atoms with van der Waals surface area (Å²) in [5.41, 5.74) is 0.139. The Bertz CT molecular complexity index is 866. The molecule has 2 N–H and O–H groups in total. The van der Waals surface area contributed by atoms with Gasteiger partial charge in [-0.05, 0) is 53.0 Å². The SMILES string of the molecule is CC(C)CC(C(=O)NC(C)C)N(NC(=O)OC(C)(C)C)C(=O)c1cc([N+](=O)[O-])ccc1F. The standard InChI is InChI=1S/C21H31FN4O6/c1-12(2)10-17(18(27)23-13(3)4)25(24-20(29)32-21(5,6)7)19(28)15-11-14(26(30)31)8-9-16(15)22/h8-9,11-13,17H,10H2,1-7H3,(H,23,27)(H,24,29). The van der Waals surface area contributed by atoms with E-state index in [4.69, 9.17) is 4.74 Å². The van der Waals surface area contributed by atoms with E-state index in [1.54, 1.807) is 48.5 Å². The number of carbonyl (C=O) groups is 3. The lowest BCUT2D eigenvalue weighted by atomic mass is 10.0. The summed E-state index contributed by atoms with van der Waals surface area (Å²) in [6, 6.07) is 0.951. The minimum Gasteiger partial charge on any atom is -0.443 e. The van der Waals surface area contributed by atoms with E-state index in [1.807, 2.05) is 0 Å². The Morgan fingerprint density at radius 3 is 2.25 bits per heavy atom. The second kappa shape index (κ2) is 10.9. The number of carbonyl (C=O) groups excluding carboxylic acids is 3. The number of hydrazine groups is 1. The molecule has 0 aromatic heterocycles. The van der Waals surface area contributed by atoms with Crippen molar-refractivity contribution in [2.75, 3.05) is 0 Å². The number of nitrogens with zero attached hydrogens (tertiary/aromatic N) is 2. The number of benzene rings is 1. The molecule has 0 saturated heterocycles. The van der Waals surface area contributed by atoms with Crippen LogP contribution in [0.5, 0.6) is 0 Å². The molecule has 1 atom stereocenters. The van der Waals surface area contributed by atoms with Crippen LogP contribution >= 0.6 is 0 Å². The van der Waals surface area contributed by atoms with Gasteiger partial charge in [-0.3, -0.25) is 19.7 Å². The topological polar surface area (TPSA) is 131 Å². The number of hydrogen-bond donors (Lipinski definition) is 2. The highest BCUT2D eigenvalue weighted by Crippen LogP contribution is 2.21. The molecule has 178 valence electrons. The van der Waals surface area contributed by atoms with E-state index >= 15 is 0 Å². The van der Waals surface area contributed by atoms with Gasteiger partial charge >= 0.3 is 6.09 Å². The quantitative estimate of drug-likeness (QED) is 0.478. The Morgan fingerprint density at radius 2 is 1.78 bits per heavy atom. The highest BCUT2D eigenvalue weighted by molar-refractivity contribution is 5.99. The summed E-state index contributed by atoms with van der Waals surface area (Å²) in [6.07, 6.45) is -0.917. The molecule has 0 spiro atoms. The van der Waals surface area contributed by atoms with Crippen molar-refractivity contribution in [1.82, 2.24) is 15.8 Å². The molecule has 11 heteroatoms. The number of nitro benzene ring substituents is 1. The molecule has 10 nitrogen and oxygen atoms in total. The first-order valence-corrected chi connectivity index (χ1v) is 10.2. The summed E-state index contributed by atoms with van der Waals surface area (Å²) in [5.74, 6) is -2.83. The Balaban J connectivity index is 3.50. The molecule has 32 heavy (non-hydrogen) atoms. The van der Waals surface area contributed by atoms with Gasteiger partial charge in [0.05, 0.1) is 10.5 Å². The summed E-state index contributed by atoms with van der Waals surface area (Å²) < 4.78 is 19.7. The number of rotatable bonds is 7. The van der Waals surface area contributed by atoms with Gasteiger partial charge in [0.2, 0.25) is 5.91 Å². The third-order valence-electron chi connectivity index (χ3n) is 3.96. The normalized spacial score (nSPS) is 12.3. The van der Waals surface area contributed by atoms with E-state index in [0.29, 0.717) is 5.01 Å². The zero-order valence-corrected chi connectivity index (χ0v) is 19.4. The fraction of sp³-hybridized carbons (Fsp3) is 0.571. The maximum absolute atomic E-state index is 14.5. The molecule has 0 radical (unpaired) electrons. The number of ether oxygens (including phenoxy) is 1. The number of halogens is 1. The van der Waals surface area contributed by atoms with E-state index in [-0.39, 0.29) is 18.4 Å². The third-order valence-corrected chi connectivity index (χ3v) is 3.96. The number of amides is 3. The zero-order chi connectivity index (χ0) is 24.8. The molecule has 0 aliphatic rings. The van der Waals surface area contributed by atoms with Crippen molar-refractivity contribution in [3.8, 4) is 0 Å². The van der Waals surface area contributed by atoms with Gasteiger partial charge in [0, 0.05) is 18.2 Å². The first-order valence-electron chi connectivity index (χ1n) is 10.2. The molecule has 0 saturated carbocycles. The van der Waals surface area contributed by atoms with E-state index in [0.717, 1.165) is 18.2 Å². The first kappa shape index (κ1) is 26.8. The smallest absolute Gasteiger partial charge is 0.426 e. The van der Waals surface area contributed by atoms with Crippen LogP contribution in [0, 0.1) is 21.8 Å². The lowest BCUT2D eigenvalue weighted by Gasteiger charge is -2.33. The van der Waals surface area contributed by atoms with Crippen LogP contribution in [0.3, 0.4) is 0 Å². The molecule has 1 rings (SSSR count). The number of hydrogen-bond acceptors (Lipinski definition) is 6. The minimum absolute atomic E-state index is 0.0939. The average Bonchev–Trinajstić information content (AvgIpc) is 2.61. The van der Waals surface area contributed by atoms with Crippen LogP contribution in [0.25, 0.3) is 0 Å². The fourth-order valence-corrected chi connectivity index (χ4v) is 2.75. The van der Waals surface area contributed by atoms with Crippen LogP contribution < -0.4 is 10.7 Å². The van der Waals surface area contributed by atoms with Gasteiger partial charge in [-0.2, -0.15) is 0 Å². The van der Waals surface area contributed by atoms with Gasteiger partial charge in [0.25, 0.3) is 11.6 Å². The van der Waals surface area contributed by atoms with E-state index in [9.17, 15) is 28.9 Å². The molecule has 0 fully saturated rings. The van der Waals surface area contributed by atoms with Crippen LogP contribution in [-0.2, 0) is 9.53 Å². The van der Waals surface area contributed by atoms with E-state index in [1.165, 1.54) is 0 Å². The first-order chi connectivity index (χ1) is 14.6. The number of non-ortho nitro benzene ring substituents is 1. The van der Waals surface area contributed by atoms with Crippen molar-refractivity contribution in [2.45, 2.75) is 72.6 Å². The van der Waals surface area contributed by atoms with E-state index < -0.39 is 51.5 Å². The monoisotopic (exact) mass is 454 g/mol. The Hall–Kier alpha value is -3.24. The maximum atomic E-state index is 14.5. The number of nitrogens with one attached hydrogen (secondary N) is 2. The van der Waals surface area contributed by atoms with Crippen molar-refractivity contribution in [1.29, 1.82) is 0 Å². The fourth-order valence-electron chi connectivity index (χ4n) is 2.75. The molecular formula is C21H31FN4O6. The molecule has 0 aliphatic carbocycles. The Kier molecular flexibility index (Phi) is 9.10. The summed E-state index contributed by atoms with van der Waals surface area (Å²) in [5, 5.41) is 14.5. The lowest BCUT2D eigenvalue weighted by molar-refractivity contribution is -0.384. The van der Waals surface area contributed by atoms with Crippen LogP contribution in [-0.4, -0.2) is 45.5 Å². The second-order valence-electron chi connectivity index (χ2n) is 9.02. The van der Waals surface area contributed by atoms with Gasteiger partial charge in [0.15, 0.2) is 0 Å². The van der Waals surface area contributed by atoms with Crippen molar-refractivity contribution >= 4 is 23.6 Å². The molecule has 1 aromatic carbocycles. The van der Waals surface area contributed by atoms with Gasteiger partial charge in [-0.15, -0.1) is 0 Å². The van der Waals surface area contributed by atoms with Gasteiger partial charge in [-0.1, -0.05) is 13.8 Å². The summed E-state index contributed by atoms with van der Waals surface area (Å²) in [7, 11) is 0. The van der Waals surface area contributed by atoms with Crippen LogP contribution in [0.1, 0.15) is 65.2 Å². The largest absolute Gasteiger partial charge is 0.443 e. The van der Waals surface area contributed by atoms with Gasteiger partial charge in [0.1, 0.15) is 17.5 Å². The Labute approximate surface area is 186 Å². The predicted molar refractivity (Wildman–Crippen MR) is 115 cm³/mol. The van der Waals surface area contributed by atoms with Crippen LogP contribution in [0.15, 0.2) is 18.2 Å². The van der Waals surface area contributed by atoms with Crippen molar-refractivity contribution in [3.05, 3.63) is 39.7 Å². The lowest BCUT2D eigenvalue weighted by Crippen LogP contribution is -2.59. The van der Waals surface area contributed by atoms with Crippen molar-refractivity contribution in [2.24, 2.45) is 5.92 Å². The summed E-state index contributed by atoms with van der Waals surface area (Å²) >= 11 is 0. The Morgan fingerprint density at radius 1 is 1.19 bits per heavy atom. The molecule has 0 aliphatic heterocycles. The highest BCUT2D eigenvalue weighted by atomic mass is 19.1.